The van der Waals surface area contributed by atoms with Crippen LogP contribution in [0.15, 0.2) is 58.6 Å². The van der Waals surface area contributed by atoms with E-state index in [1.807, 2.05) is 12.1 Å². The Hall–Kier alpha value is -1.97. The molecular formula is C16H12ClF2N3O2S2. The fraction of sp³-hybridized carbons (Fsp3) is 0.125. The second-order valence-corrected chi connectivity index (χ2v) is 8.51. The van der Waals surface area contributed by atoms with Crippen molar-refractivity contribution in [3.8, 4) is 11.4 Å². The Morgan fingerprint density at radius 2 is 1.73 bits per heavy atom. The molecule has 1 heterocycles. The summed E-state index contributed by atoms with van der Waals surface area (Å²) in [6.07, 6.45) is 0. The van der Waals surface area contributed by atoms with Crippen LogP contribution >= 0.6 is 23.4 Å². The molecule has 136 valence electrons. The molecule has 3 rings (SSSR count). The summed E-state index contributed by atoms with van der Waals surface area (Å²) >= 11 is 7.18. The van der Waals surface area contributed by atoms with Crippen LogP contribution in [0.1, 0.15) is 5.56 Å². The van der Waals surface area contributed by atoms with Gasteiger partial charge in [-0.3, -0.25) is 5.10 Å². The Morgan fingerprint density at radius 3 is 2.35 bits per heavy atom. The van der Waals surface area contributed by atoms with Gasteiger partial charge in [-0.2, -0.15) is 8.78 Å². The second kappa shape index (κ2) is 7.73. The molecular weight excluding hydrogens is 404 g/mol. The molecule has 0 amide bonds. The number of halogens is 3. The minimum Gasteiger partial charge on any atom is -0.258 e. The molecule has 0 saturated heterocycles. The monoisotopic (exact) mass is 415 g/mol. The van der Waals surface area contributed by atoms with Crippen molar-refractivity contribution in [2.24, 2.45) is 0 Å². The predicted molar refractivity (Wildman–Crippen MR) is 96.0 cm³/mol. The first kappa shape index (κ1) is 18.8. The largest absolute Gasteiger partial charge is 0.341 e. The number of aromatic amines is 1. The molecule has 26 heavy (non-hydrogen) atoms. The predicted octanol–water partition coefficient (Wildman–Crippen LogP) is 4.41. The first-order valence-electron chi connectivity index (χ1n) is 7.28. The van der Waals surface area contributed by atoms with Gasteiger partial charge in [0.05, 0.1) is 4.90 Å². The number of nitrogens with zero attached hydrogens (tertiary/aromatic N) is 2. The SMILES string of the molecule is O=S(=O)(c1ccc(CSc2n[nH]c(-c3ccc(Cl)cc3)n2)cc1)C(F)F. The van der Waals surface area contributed by atoms with E-state index in [4.69, 9.17) is 11.6 Å². The van der Waals surface area contributed by atoms with Crippen LogP contribution in [-0.2, 0) is 15.6 Å². The fourth-order valence-corrected chi connectivity index (χ4v) is 3.68. The van der Waals surface area contributed by atoms with Gasteiger partial charge in [0.25, 0.3) is 0 Å². The molecule has 0 aliphatic heterocycles. The lowest BCUT2D eigenvalue weighted by Gasteiger charge is -2.04. The van der Waals surface area contributed by atoms with Gasteiger partial charge in [0.1, 0.15) is 0 Å². The average molecular weight is 416 g/mol. The zero-order valence-corrected chi connectivity index (χ0v) is 15.5. The Kier molecular flexibility index (Phi) is 5.59. The summed E-state index contributed by atoms with van der Waals surface area (Å²) < 4.78 is 47.8. The number of rotatable bonds is 6. The molecule has 5 nitrogen and oxygen atoms in total. The Labute approximate surface area is 157 Å². The van der Waals surface area contributed by atoms with Crippen molar-refractivity contribution >= 4 is 33.2 Å². The van der Waals surface area contributed by atoms with E-state index in [-0.39, 0.29) is 0 Å². The highest BCUT2D eigenvalue weighted by atomic mass is 35.5. The number of aromatic nitrogens is 3. The molecule has 0 saturated carbocycles. The van der Waals surface area contributed by atoms with Crippen LogP contribution < -0.4 is 0 Å². The summed E-state index contributed by atoms with van der Waals surface area (Å²) in [5.41, 5.74) is 1.61. The molecule has 2 aromatic carbocycles. The second-order valence-electron chi connectivity index (χ2n) is 5.21. The van der Waals surface area contributed by atoms with Crippen molar-refractivity contribution in [2.75, 3.05) is 0 Å². The zero-order valence-electron chi connectivity index (χ0n) is 13.1. The smallest absolute Gasteiger partial charge is 0.258 e. The van der Waals surface area contributed by atoms with Crippen molar-refractivity contribution < 1.29 is 17.2 Å². The summed E-state index contributed by atoms with van der Waals surface area (Å²) in [4.78, 5) is 3.96. The molecule has 0 spiro atoms. The van der Waals surface area contributed by atoms with Gasteiger partial charge in [-0.15, -0.1) is 5.10 Å². The number of alkyl halides is 2. The lowest BCUT2D eigenvalue weighted by molar-refractivity contribution is 0.234. The molecule has 0 fully saturated rings. The normalized spacial score (nSPS) is 11.8. The molecule has 0 radical (unpaired) electrons. The standard InChI is InChI=1S/C16H12ClF2N3O2S2/c17-12-5-3-11(4-6-12)14-20-16(22-21-14)25-9-10-1-7-13(8-2-10)26(23,24)15(18)19/h1-8,15H,9H2,(H,20,21,22). The van der Waals surface area contributed by atoms with E-state index in [1.165, 1.54) is 36.0 Å². The van der Waals surface area contributed by atoms with Gasteiger partial charge in [-0.25, -0.2) is 13.4 Å². The number of H-pyrrole nitrogens is 1. The summed E-state index contributed by atoms with van der Waals surface area (Å²) in [7, 11) is -4.57. The topological polar surface area (TPSA) is 75.7 Å². The van der Waals surface area contributed by atoms with Gasteiger partial charge in [0.15, 0.2) is 5.82 Å². The Morgan fingerprint density at radius 1 is 1.08 bits per heavy atom. The molecule has 0 bridgehead atoms. The van der Waals surface area contributed by atoms with E-state index < -0.39 is 20.5 Å². The third-order valence-corrected chi connectivity index (χ3v) is 6.01. The van der Waals surface area contributed by atoms with E-state index in [2.05, 4.69) is 15.2 Å². The molecule has 0 atom stereocenters. The van der Waals surface area contributed by atoms with E-state index in [0.717, 1.165) is 11.1 Å². The summed E-state index contributed by atoms with van der Waals surface area (Å²) in [5, 5.41) is 8.08. The van der Waals surface area contributed by atoms with E-state index in [1.54, 1.807) is 12.1 Å². The molecule has 10 heteroatoms. The first-order valence-corrected chi connectivity index (χ1v) is 10.2. The van der Waals surface area contributed by atoms with Gasteiger partial charge in [-0.1, -0.05) is 35.5 Å². The van der Waals surface area contributed by atoms with Crippen LogP contribution in [0.5, 0.6) is 0 Å². The van der Waals surface area contributed by atoms with Crippen LogP contribution in [0.25, 0.3) is 11.4 Å². The zero-order chi connectivity index (χ0) is 18.7. The summed E-state index contributed by atoms with van der Waals surface area (Å²) in [6.45, 7) is 0. The number of nitrogens with one attached hydrogen (secondary N) is 1. The Bertz CT molecular complexity index is 991. The molecule has 1 aromatic heterocycles. The third-order valence-electron chi connectivity index (χ3n) is 3.44. The first-order chi connectivity index (χ1) is 12.4. The maximum atomic E-state index is 12.5. The van der Waals surface area contributed by atoms with Gasteiger partial charge in [0.2, 0.25) is 15.0 Å². The third kappa shape index (κ3) is 4.22. The van der Waals surface area contributed by atoms with E-state index in [0.29, 0.717) is 21.8 Å². The highest BCUT2D eigenvalue weighted by Crippen LogP contribution is 2.25. The Balaban J connectivity index is 1.65. The number of hydrogen-bond acceptors (Lipinski definition) is 5. The highest BCUT2D eigenvalue weighted by Gasteiger charge is 2.26. The minimum atomic E-state index is -4.57. The number of hydrogen-bond donors (Lipinski definition) is 1. The molecule has 0 aliphatic carbocycles. The van der Waals surface area contributed by atoms with Crippen LogP contribution in [0, 0.1) is 0 Å². The van der Waals surface area contributed by atoms with Crippen molar-refractivity contribution in [3.05, 3.63) is 59.1 Å². The number of benzene rings is 2. The molecule has 0 aliphatic rings. The fourth-order valence-electron chi connectivity index (χ4n) is 2.07. The van der Waals surface area contributed by atoms with Crippen molar-refractivity contribution in [1.29, 1.82) is 0 Å². The van der Waals surface area contributed by atoms with Crippen molar-refractivity contribution in [1.82, 2.24) is 15.2 Å². The lowest BCUT2D eigenvalue weighted by atomic mass is 10.2. The van der Waals surface area contributed by atoms with Gasteiger partial charge in [-0.05, 0) is 42.0 Å². The van der Waals surface area contributed by atoms with Crippen molar-refractivity contribution in [3.63, 3.8) is 0 Å². The lowest BCUT2D eigenvalue weighted by Crippen LogP contribution is -2.11. The van der Waals surface area contributed by atoms with Gasteiger partial charge < -0.3 is 0 Å². The van der Waals surface area contributed by atoms with E-state index >= 15 is 0 Å². The number of thioether (sulfide) groups is 1. The van der Waals surface area contributed by atoms with Crippen LogP contribution in [-0.4, -0.2) is 29.4 Å². The average Bonchev–Trinajstić information content (AvgIpc) is 3.10. The van der Waals surface area contributed by atoms with Crippen LogP contribution in [0.3, 0.4) is 0 Å². The highest BCUT2D eigenvalue weighted by molar-refractivity contribution is 7.98. The maximum Gasteiger partial charge on any atom is 0.341 e. The van der Waals surface area contributed by atoms with Gasteiger partial charge in [0, 0.05) is 16.3 Å². The summed E-state index contributed by atoms with van der Waals surface area (Å²) in [6, 6.07) is 12.5. The molecule has 0 unspecified atom stereocenters. The van der Waals surface area contributed by atoms with Gasteiger partial charge >= 0.3 is 5.76 Å². The summed E-state index contributed by atoms with van der Waals surface area (Å²) in [5.74, 6) is -2.36. The quantitative estimate of drug-likeness (QED) is 0.603. The van der Waals surface area contributed by atoms with Crippen molar-refractivity contribution in [2.45, 2.75) is 21.6 Å². The van der Waals surface area contributed by atoms with Crippen LogP contribution in [0.2, 0.25) is 5.02 Å². The van der Waals surface area contributed by atoms with Crippen LogP contribution in [0.4, 0.5) is 8.78 Å². The number of sulfone groups is 1. The van der Waals surface area contributed by atoms with E-state index in [9.17, 15) is 17.2 Å². The molecule has 3 aromatic rings. The maximum absolute atomic E-state index is 12.5. The molecule has 1 N–H and O–H groups in total. The minimum absolute atomic E-state index is 0.399.